The molecule has 3 aliphatic carbocycles. The van der Waals surface area contributed by atoms with Crippen LogP contribution in [0, 0.1) is 0 Å². The van der Waals surface area contributed by atoms with Gasteiger partial charge in [-0.15, -0.1) is 0 Å². The highest BCUT2D eigenvalue weighted by molar-refractivity contribution is 6.19. The van der Waals surface area contributed by atoms with E-state index >= 15 is 0 Å². The first-order chi connectivity index (χ1) is 69.2. The van der Waals surface area contributed by atoms with Gasteiger partial charge in [0.2, 0.25) is 0 Å². The van der Waals surface area contributed by atoms with E-state index in [4.69, 9.17) is 39.9 Å². The number of aromatic nitrogens is 10. The molecule has 0 amide bonds. The van der Waals surface area contributed by atoms with E-state index in [-0.39, 0.29) is 16.2 Å². The lowest BCUT2D eigenvalue weighted by Crippen LogP contribution is -2.16. The first-order valence-corrected chi connectivity index (χ1v) is 48.2. The van der Waals surface area contributed by atoms with Crippen LogP contribution in [0.3, 0.4) is 0 Å². The Hall–Kier alpha value is -17.9. The molecule has 10 nitrogen and oxygen atoms in total. The molecule has 17 aromatic carbocycles. The van der Waals surface area contributed by atoms with Crippen molar-refractivity contribution in [2.75, 3.05) is 0 Å². The largest absolute Gasteiger partial charge is 0.256 e. The molecular weight excluding hydrogens is 1710 g/mol. The minimum Gasteiger partial charge on any atom is -0.256 e. The lowest BCUT2D eigenvalue weighted by atomic mass is 9.78. The Bertz CT molecular complexity index is 8060. The van der Waals surface area contributed by atoms with Crippen molar-refractivity contribution in [3.05, 3.63) is 483 Å². The van der Waals surface area contributed by atoms with Crippen molar-refractivity contribution in [1.29, 1.82) is 0 Å². The van der Waals surface area contributed by atoms with Crippen molar-refractivity contribution in [2.45, 2.75) is 57.8 Å². The summed E-state index contributed by atoms with van der Waals surface area (Å²) in [5.74, 6) is 2.66. The van der Waals surface area contributed by atoms with Crippen molar-refractivity contribution < 1.29 is 0 Å². The summed E-state index contributed by atoms with van der Waals surface area (Å²) in [6.07, 6.45) is 3.69. The van der Waals surface area contributed by atoms with Gasteiger partial charge in [0.15, 0.2) is 23.3 Å². The zero-order valence-corrected chi connectivity index (χ0v) is 78.7. The van der Waals surface area contributed by atoms with Gasteiger partial charge in [0.05, 0.1) is 56.4 Å². The molecule has 7 heterocycles. The fourth-order valence-corrected chi connectivity index (χ4v) is 22.1. The molecule has 666 valence electrons. The lowest BCUT2D eigenvalue weighted by Gasteiger charge is -2.25. The topological polar surface area (TPSA) is 129 Å². The van der Waals surface area contributed by atoms with Crippen molar-refractivity contribution in [1.82, 2.24) is 49.8 Å². The number of hydrogen-bond acceptors (Lipinski definition) is 10. The molecule has 7 aromatic heterocycles. The maximum Gasteiger partial charge on any atom is 0.164 e. The minimum absolute atomic E-state index is 0.202. The molecule has 0 spiro atoms. The molecule has 0 bridgehead atoms. The average Bonchev–Trinajstić information content (AvgIpc) is 1.59. The number of rotatable bonds is 12. The Labute approximate surface area is 818 Å². The highest BCUT2D eigenvalue weighted by Gasteiger charge is 2.44. The molecule has 0 radical (unpaired) electrons. The monoisotopic (exact) mass is 1800 g/mol. The zero-order chi connectivity index (χ0) is 94.6. The Morgan fingerprint density at radius 3 is 0.780 bits per heavy atom. The summed E-state index contributed by atoms with van der Waals surface area (Å²) < 4.78 is 0. The molecule has 3 aliphatic rings. The van der Waals surface area contributed by atoms with E-state index in [1.54, 1.807) is 0 Å². The maximum absolute atomic E-state index is 5.36. The maximum atomic E-state index is 5.36. The second-order valence-electron chi connectivity index (χ2n) is 38.4. The van der Waals surface area contributed by atoms with Crippen LogP contribution in [0.25, 0.3) is 234 Å². The van der Waals surface area contributed by atoms with E-state index in [2.05, 4.69) is 391 Å². The van der Waals surface area contributed by atoms with Crippen LogP contribution in [-0.4, -0.2) is 49.8 Å². The van der Waals surface area contributed by atoms with E-state index in [0.717, 1.165) is 123 Å². The van der Waals surface area contributed by atoms with Gasteiger partial charge in [0, 0.05) is 106 Å². The normalized spacial score (nSPS) is 13.1. The van der Waals surface area contributed by atoms with Crippen LogP contribution in [0.4, 0.5) is 0 Å². The summed E-state index contributed by atoms with van der Waals surface area (Å²) >= 11 is 0. The van der Waals surface area contributed by atoms with E-state index < -0.39 is 0 Å². The molecule has 141 heavy (non-hydrogen) atoms. The lowest BCUT2D eigenvalue weighted by molar-refractivity contribution is 0.661. The van der Waals surface area contributed by atoms with Gasteiger partial charge in [0.25, 0.3) is 0 Å². The molecule has 0 N–H and O–H groups in total. The van der Waals surface area contributed by atoms with E-state index in [9.17, 15) is 0 Å². The summed E-state index contributed by atoms with van der Waals surface area (Å²) in [4.78, 5) is 50.4. The Morgan fingerprint density at radius 1 is 0.177 bits per heavy atom. The summed E-state index contributed by atoms with van der Waals surface area (Å²) in [5, 5.41) is 10.9. The molecule has 0 atom stereocenters. The third kappa shape index (κ3) is 14.8. The fraction of sp³-hybridized carbons (Fsp3) is 0.0687. The van der Waals surface area contributed by atoms with Crippen molar-refractivity contribution in [3.63, 3.8) is 0 Å². The van der Waals surface area contributed by atoms with Crippen LogP contribution < -0.4 is 0 Å². The number of fused-ring (bicyclic) bond motifs is 18. The predicted octanol–water partition coefficient (Wildman–Crippen LogP) is 32.9. The van der Waals surface area contributed by atoms with Crippen LogP contribution in [0.5, 0.6) is 0 Å². The third-order valence-electron chi connectivity index (χ3n) is 28.9. The zero-order valence-electron chi connectivity index (χ0n) is 78.7. The van der Waals surface area contributed by atoms with Crippen LogP contribution >= 0.6 is 0 Å². The molecule has 27 rings (SSSR count). The molecule has 10 heteroatoms. The smallest absolute Gasteiger partial charge is 0.164 e. The van der Waals surface area contributed by atoms with Gasteiger partial charge in [-0.3, -0.25) is 9.97 Å². The molecule has 24 aromatic rings. The van der Waals surface area contributed by atoms with Crippen LogP contribution in [0.1, 0.15) is 74.9 Å². The third-order valence-corrected chi connectivity index (χ3v) is 28.9. The minimum atomic E-state index is -0.221. The molecule has 0 unspecified atom stereocenters. The van der Waals surface area contributed by atoms with Gasteiger partial charge in [-0.2, -0.15) is 0 Å². The van der Waals surface area contributed by atoms with Crippen molar-refractivity contribution in [3.8, 4) is 169 Å². The summed E-state index contributed by atoms with van der Waals surface area (Å²) in [7, 11) is 0. The van der Waals surface area contributed by atoms with Gasteiger partial charge >= 0.3 is 0 Å². The van der Waals surface area contributed by atoms with Gasteiger partial charge in [-0.05, 0) is 177 Å². The standard InChI is InChI=1S/2C44H31N3.C43H30N4/c1-44(2)35-20-12-11-19-34(35)42-41(44)39(40-33-18-10-9-13-28(33)25-26-36(40)45-42)31-21-23-32(24-22-31)43-46-37(29-14-5-3-6-15-29)27-38(47-43)30-16-7-4-8-17-30;1-44(2)36-14-6-5-13-35(36)43-42(44)40(41-34-12-4-3-11-29(34)21-22-39(41)47-43)30-19-17-28(18-20-30)31-25-32(37-15-7-9-23-45-37)27-33(26-31)38-16-8-10-24-46-38;1-43(2)34-20-12-11-19-33(34)39-38(43)36(37-32-18-10-9-13-27(32)25-26-35(37)44-39)28-21-23-31(24-22-28)42-46-40(29-14-5-3-6-15-29)45-41(47-42)30-16-7-4-8-17-30/h2*3-27H,1-2H3;3-26H,1-2H3. The predicted molar refractivity (Wildman–Crippen MR) is 580 cm³/mol. The molecule has 0 fully saturated rings. The van der Waals surface area contributed by atoms with Crippen molar-refractivity contribution in [2.24, 2.45) is 0 Å². The van der Waals surface area contributed by atoms with Gasteiger partial charge in [0.1, 0.15) is 0 Å². The summed E-state index contributed by atoms with van der Waals surface area (Å²) in [6, 6.07) is 154. The quantitative estimate of drug-likeness (QED) is 0.109. The van der Waals surface area contributed by atoms with Gasteiger partial charge in [-0.1, -0.05) is 412 Å². The first-order valence-electron chi connectivity index (χ1n) is 48.2. The summed E-state index contributed by atoms with van der Waals surface area (Å²) in [6.45, 7) is 14.0. The van der Waals surface area contributed by atoms with Gasteiger partial charge in [-0.25, -0.2) is 39.9 Å². The van der Waals surface area contributed by atoms with E-state index in [1.807, 2.05) is 109 Å². The number of benzene rings is 17. The number of pyridine rings is 5. The van der Waals surface area contributed by atoms with Crippen LogP contribution in [0.15, 0.2) is 449 Å². The molecule has 0 aliphatic heterocycles. The second kappa shape index (κ2) is 34.4. The average molecular weight is 1810 g/mol. The summed E-state index contributed by atoms with van der Waals surface area (Å²) in [5.41, 5.74) is 38.5. The fourth-order valence-electron chi connectivity index (χ4n) is 22.1. The SMILES string of the molecule is CC1(C)c2ccccc2-c2nc3ccc4ccccc4c3c(-c3ccc(-c4cc(-c5ccccn5)cc(-c5ccccn5)c4)cc3)c21.CC1(C)c2ccccc2-c2nc3ccc4ccccc4c3c(-c3ccc(-c4nc(-c5ccccc5)cc(-c5ccccc5)n4)cc3)c21.CC1(C)c2ccccc2-c2nc3ccc4ccccc4c3c(-c3ccc(-c4nc(-c5ccccc5)nc(-c5ccccc5)n4)cc3)c21. The second-order valence-corrected chi connectivity index (χ2v) is 38.4. The van der Waals surface area contributed by atoms with Gasteiger partial charge < -0.3 is 0 Å². The molecule has 0 saturated carbocycles. The number of hydrogen-bond donors (Lipinski definition) is 0. The number of nitrogens with zero attached hydrogens (tertiary/aromatic N) is 10. The highest BCUT2D eigenvalue weighted by atomic mass is 15.0. The molecule has 0 saturated heterocycles. The van der Waals surface area contributed by atoms with Crippen LogP contribution in [-0.2, 0) is 16.2 Å². The van der Waals surface area contributed by atoms with E-state index in [0.29, 0.717) is 23.3 Å². The Kier molecular flexibility index (Phi) is 20.7. The Balaban J connectivity index is 0.000000111. The highest BCUT2D eigenvalue weighted by Crippen LogP contribution is 2.59. The first kappa shape index (κ1) is 84.9. The van der Waals surface area contributed by atoms with Crippen LogP contribution in [0.2, 0.25) is 0 Å². The molecular formula is C131H92N10. The Morgan fingerprint density at radius 2 is 0.447 bits per heavy atom. The van der Waals surface area contributed by atoms with Crippen molar-refractivity contribution >= 4 is 65.0 Å². The van der Waals surface area contributed by atoms with E-state index in [1.165, 1.54) is 121 Å².